The lowest BCUT2D eigenvalue weighted by molar-refractivity contribution is 0.0723. The van der Waals surface area contributed by atoms with Gasteiger partial charge < -0.3 is 4.90 Å². The van der Waals surface area contributed by atoms with Gasteiger partial charge in [0.15, 0.2) is 0 Å². The van der Waals surface area contributed by atoms with Gasteiger partial charge in [0, 0.05) is 18.5 Å². The number of fused-ring (bicyclic) bond motifs is 1. The molecule has 1 aliphatic rings. The lowest BCUT2D eigenvalue weighted by atomic mass is 10.1. The number of amides is 1. The van der Waals surface area contributed by atoms with Gasteiger partial charge in [-0.05, 0) is 50.5 Å². The maximum Gasteiger partial charge on any atom is 0.274 e. The minimum Gasteiger partial charge on any atom is -0.337 e. The molecule has 2 heterocycles. The van der Waals surface area contributed by atoms with Crippen molar-refractivity contribution in [3.05, 3.63) is 29.5 Å². The summed E-state index contributed by atoms with van der Waals surface area (Å²) >= 11 is 1.32. The fourth-order valence-corrected chi connectivity index (χ4v) is 4.81. The van der Waals surface area contributed by atoms with Crippen LogP contribution in [0.5, 0.6) is 0 Å². The van der Waals surface area contributed by atoms with Crippen LogP contribution in [0.25, 0.3) is 10.1 Å². The molecule has 6 nitrogen and oxygen atoms in total. The Morgan fingerprint density at radius 2 is 2.04 bits per heavy atom. The van der Waals surface area contributed by atoms with E-state index in [1.807, 2.05) is 25.1 Å². The molecule has 1 fully saturated rings. The Labute approximate surface area is 139 Å². The molecule has 1 saturated heterocycles. The van der Waals surface area contributed by atoms with Crippen LogP contribution in [0.3, 0.4) is 0 Å². The summed E-state index contributed by atoms with van der Waals surface area (Å²) in [5.74, 6) is -0.109. The monoisotopic (exact) mass is 353 g/mol. The van der Waals surface area contributed by atoms with E-state index in [0.717, 1.165) is 15.6 Å². The number of piperidine rings is 1. The number of benzene rings is 1. The second-order valence-electron chi connectivity index (χ2n) is 5.77. The average Bonchev–Trinajstić information content (AvgIpc) is 2.97. The van der Waals surface area contributed by atoms with Gasteiger partial charge in [-0.1, -0.05) is 11.6 Å². The number of aryl methyl sites for hydroxylation is 1. The van der Waals surface area contributed by atoms with Crippen molar-refractivity contribution in [3.8, 4) is 0 Å². The Hall–Kier alpha value is -1.51. The minimum atomic E-state index is -3.27. The maximum atomic E-state index is 12.7. The molecule has 2 aromatic rings. The van der Waals surface area contributed by atoms with E-state index in [1.54, 1.807) is 4.90 Å². The van der Waals surface area contributed by atoms with Crippen LogP contribution in [0.1, 0.15) is 28.9 Å². The number of aromatic nitrogens is 1. The SMILES string of the molecule is CNS(=O)(=O)C1CCN(C(=O)c2nsc3ccc(C)cc23)CC1. The Balaban J connectivity index is 1.78. The summed E-state index contributed by atoms with van der Waals surface area (Å²) in [5, 5.41) is 0.455. The van der Waals surface area contributed by atoms with Crippen molar-refractivity contribution in [2.45, 2.75) is 25.0 Å². The molecular formula is C15H19N3O3S2. The van der Waals surface area contributed by atoms with E-state index in [4.69, 9.17) is 0 Å². The molecule has 1 aliphatic heterocycles. The molecule has 3 rings (SSSR count). The molecule has 0 radical (unpaired) electrons. The Morgan fingerprint density at radius 3 is 2.70 bits per heavy atom. The first-order valence-corrected chi connectivity index (χ1v) is 9.82. The van der Waals surface area contributed by atoms with Gasteiger partial charge in [-0.25, -0.2) is 13.1 Å². The molecule has 0 spiro atoms. The van der Waals surface area contributed by atoms with E-state index < -0.39 is 15.3 Å². The van der Waals surface area contributed by atoms with Gasteiger partial charge in [0.1, 0.15) is 5.69 Å². The summed E-state index contributed by atoms with van der Waals surface area (Å²) < 4.78 is 31.4. The van der Waals surface area contributed by atoms with Crippen molar-refractivity contribution in [2.75, 3.05) is 20.1 Å². The molecule has 0 saturated carbocycles. The highest BCUT2D eigenvalue weighted by molar-refractivity contribution is 7.90. The molecule has 124 valence electrons. The van der Waals surface area contributed by atoms with E-state index in [9.17, 15) is 13.2 Å². The van der Waals surface area contributed by atoms with Crippen molar-refractivity contribution in [2.24, 2.45) is 0 Å². The fourth-order valence-electron chi connectivity index (χ4n) is 2.89. The number of rotatable bonds is 3. The summed E-state index contributed by atoms with van der Waals surface area (Å²) in [6.45, 7) is 2.87. The highest BCUT2D eigenvalue weighted by atomic mass is 32.2. The van der Waals surface area contributed by atoms with E-state index in [0.29, 0.717) is 31.6 Å². The summed E-state index contributed by atoms with van der Waals surface area (Å²) in [6.07, 6.45) is 0.909. The van der Waals surface area contributed by atoms with Gasteiger partial charge in [-0.2, -0.15) is 4.37 Å². The van der Waals surface area contributed by atoms with E-state index in [1.165, 1.54) is 18.6 Å². The number of likely N-dealkylation sites (tertiary alicyclic amines) is 1. The van der Waals surface area contributed by atoms with Gasteiger partial charge in [-0.3, -0.25) is 4.79 Å². The van der Waals surface area contributed by atoms with Gasteiger partial charge in [-0.15, -0.1) is 0 Å². The number of nitrogens with one attached hydrogen (secondary N) is 1. The Bertz CT molecular complexity index is 837. The Morgan fingerprint density at radius 1 is 1.35 bits per heavy atom. The van der Waals surface area contributed by atoms with Gasteiger partial charge in [0.25, 0.3) is 5.91 Å². The fraction of sp³-hybridized carbons (Fsp3) is 0.467. The number of hydrogen-bond acceptors (Lipinski definition) is 5. The lowest BCUT2D eigenvalue weighted by Gasteiger charge is -2.31. The van der Waals surface area contributed by atoms with E-state index >= 15 is 0 Å². The summed E-state index contributed by atoms with van der Waals surface area (Å²) in [5.41, 5.74) is 1.56. The largest absolute Gasteiger partial charge is 0.337 e. The van der Waals surface area contributed by atoms with Crippen LogP contribution in [0, 0.1) is 6.92 Å². The molecule has 1 N–H and O–H groups in total. The highest BCUT2D eigenvalue weighted by Crippen LogP contribution is 2.26. The third-order valence-corrected chi connectivity index (χ3v) is 7.03. The van der Waals surface area contributed by atoms with E-state index in [2.05, 4.69) is 9.10 Å². The maximum absolute atomic E-state index is 12.7. The molecule has 1 aromatic heterocycles. The minimum absolute atomic E-state index is 0.109. The summed E-state index contributed by atoms with van der Waals surface area (Å²) in [4.78, 5) is 14.4. The standard InChI is InChI=1S/C15H19N3O3S2/c1-10-3-4-13-12(9-10)14(17-22-13)15(19)18-7-5-11(6-8-18)23(20,21)16-2/h3-4,9,11,16H,5-8H2,1-2H3. The van der Waals surface area contributed by atoms with Crippen molar-refractivity contribution < 1.29 is 13.2 Å². The highest BCUT2D eigenvalue weighted by Gasteiger charge is 2.32. The zero-order valence-electron chi connectivity index (χ0n) is 13.1. The first-order valence-electron chi connectivity index (χ1n) is 7.50. The molecule has 0 aliphatic carbocycles. The normalized spacial score (nSPS) is 16.9. The molecule has 0 unspecified atom stereocenters. The second-order valence-corrected chi connectivity index (χ2v) is 8.74. The van der Waals surface area contributed by atoms with Crippen LogP contribution in [0.2, 0.25) is 0 Å². The van der Waals surface area contributed by atoms with Gasteiger partial charge >= 0.3 is 0 Å². The van der Waals surface area contributed by atoms with Gasteiger partial charge in [0.05, 0.1) is 9.95 Å². The van der Waals surface area contributed by atoms with E-state index in [-0.39, 0.29) is 5.91 Å². The smallest absolute Gasteiger partial charge is 0.274 e. The third kappa shape index (κ3) is 3.11. The molecule has 8 heteroatoms. The van der Waals surface area contributed by atoms with Crippen molar-refractivity contribution in [3.63, 3.8) is 0 Å². The first-order chi connectivity index (χ1) is 10.9. The summed E-state index contributed by atoms with van der Waals surface area (Å²) in [6, 6.07) is 5.96. The first kappa shape index (κ1) is 16.4. The Kier molecular flexibility index (Phi) is 4.39. The van der Waals surface area contributed by atoms with Crippen LogP contribution in [0.15, 0.2) is 18.2 Å². The number of hydrogen-bond donors (Lipinski definition) is 1. The predicted molar refractivity (Wildman–Crippen MR) is 91.3 cm³/mol. The molecule has 0 bridgehead atoms. The zero-order valence-corrected chi connectivity index (χ0v) is 14.7. The molecule has 1 aromatic carbocycles. The second kappa shape index (κ2) is 6.18. The lowest BCUT2D eigenvalue weighted by Crippen LogP contribution is -2.45. The number of carbonyl (C=O) groups is 1. The van der Waals surface area contributed by atoms with Crippen molar-refractivity contribution in [1.29, 1.82) is 0 Å². The van der Waals surface area contributed by atoms with Gasteiger partial charge in [0.2, 0.25) is 10.0 Å². The van der Waals surface area contributed by atoms with Crippen LogP contribution in [-0.2, 0) is 10.0 Å². The molecule has 0 atom stereocenters. The van der Waals surface area contributed by atoms with Crippen molar-refractivity contribution in [1.82, 2.24) is 14.0 Å². The van der Waals surface area contributed by atoms with Crippen LogP contribution >= 0.6 is 11.5 Å². The average molecular weight is 353 g/mol. The van der Waals surface area contributed by atoms with Crippen molar-refractivity contribution >= 4 is 37.5 Å². The predicted octanol–water partition coefficient (Wildman–Crippen LogP) is 1.76. The molecule has 23 heavy (non-hydrogen) atoms. The molecular weight excluding hydrogens is 334 g/mol. The number of nitrogens with zero attached hydrogens (tertiary/aromatic N) is 2. The number of sulfonamides is 1. The number of carbonyl (C=O) groups excluding carboxylic acids is 1. The quantitative estimate of drug-likeness (QED) is 0.912. The zero-order chi connectivity index (χ0) is 16.6. The van der Waals surface area contributed by atoms with Crippen LogP contribution < -0.4 is 4.72 Å². The molecule has 1 amide bonds. The third-order valence-electron chi connectivity index (χ3n) is 4.28. The van der Waals surface area contributed by atoms with Crippen LogP contribution in [0.4, 0.5) is 0 Å². The summed E-state index contributed by atoms with van der Waals surface area (Å²) in [7, 11) is -1.84. The van der Waals surface area contributed by atoms with Crippen LogP contribution in [-0.4, -0.2) is 49.0 Å². The topological polar surface area (TPSA) is 79.4 Å².